The molecule has 2 unspecified atom stereocenters. The third-order valence-electron chi connectivity index (χ3n) is 8.25. The highest BCUT2D eigenvalue weighted by Crippen LogP contribution is 2.41. The maximum absolute atomic E-state index is 14.4. The standard InChI is InChI=1S/C21H33F2N3.C9H7FN2O.CH2O/c1-24-17-7-12-25-15-21(8-2-3-9-21)10-4-11-26-20(14-17)18-6-5-16(22)13-19(18)23;1-12-5-11-8-3-2-6(10)4-7(8)9(12)13;1-2/h5-6,13,17,20,24-26H,2-4,7-12,14-15H2,1H3;2-5H,1H3;1H2. The SMILES string of the molecule is C=O.CNC1CCNCC2(CCCC2)CCCNC(c2ccc(F)cc2F)C1.Cn1cnc2ccc(F)cc2c1=O. The van der Waals surface area contributed by atoms with Crippen molar-refractivity contribution in [3.63, 3.8) is 0 Å². The van der Waals surface area contributed by atoms with E-state index in [9.17, 15) is 18.0 Å². The molecule has 0 radical (unpaired) electrons. The van der Waals surface area contributed by atoms with E-state index in [1.165, 1.54) is 67.3 Å². The van der Waals surface area contributed by atoms with Gasteiger partial charge in [-0.25, -0.2) is 18.2 Å². The van der Waals surface area contributed by atoms with Crippen LogP contribution < -0.4 is 21.5 Å². The Morgan fingerprint density at radius 2 is 1.68 bits per heavy atom. The molecular formula is C31H42F3N5O2. The van der Waals surface area contributed by atoms with Gasteiger partial charge in [-0.2, -0.15) is 0 Å². The number of fused-ring (bicyclic) bond motifs is 1. The summed E-state index contributed by atoms with van der Waals surface area (Å²) >= 11 is 0. The molecule has 224 valence electrons. The molecule has 2 aromatic carbocycles. The van der Waals surface area contributed by atoms with Crippen molar-refractivity contribution in [2.24, 2.45) is 12.5 Å². The summed E-state index contributed by atoms with van der Waals surface area (Å²) < 4.78 is 41.8. The fraction of sp³-hybridized carbons (Fsp3) is 0.516. The molecule has 3 N–H and O–H groups in total. The molecule has 1 spiro atoms. The normalized spacial score (nSPS) is 21.1. The lowest BCUT2D eigenvalue weighted by Crippen LogP contribution is -2.39. The van der Waals surface area contributed by atoms with Crippen molar-refractivity contribution in [1.29, 1.82) is 0 Å². The molecule has 1 saturated carbocycles. The van der Waals surface area contributed by atoms with Crippen molar-refractivity contribution in [1.82, 2.24) is 25.5 Å². The molecule has 1 aliphatic carbocycles. The van der Waals surface area contributed by atoms with Crippen LogP contribution in [0.15, 0.2) is 47.5 Å². The largest absolute Gasteiger partial charge is 0.317 e. The first-order valence-electron chi connectivity index (χ1n) is 14.3. The highest BCUT2D eigenvalue weighted by molar-refractivity contribution is 5.77. The summed E-state index contributed by atoms with van der Waals surface area (Å²) in [6, 6.07) is 8.13. The fourth-order valence-corrected chi connectivity index (χ4v) is 5.96. The average molecular weight is 574 g/mol. The number of nitrogens with one attached hydrogen (secondary N) is 3. The van der Waals surface area contributed by atoms with Gasteiger partial charge in [0.15, 0.2) is 0 Å². The number of nitrogens with zero attached hydrogens (tertiary/aromatic N) is 2. The second-order valence-electron chi connectivity index (χ2n) is 11.0. The van der Waals surface area contributed by atoms with E-state index in [1.54, 1.807) is 13.1 Å². The van der Waals surface area contributed by atoms with Gasteiger partial charge in [-0.3, -0.25) is 4.79 Å². The van der Waals surface area contributed by atoms with E-state index < -0.39 is 17.5 Å². The highest BCUT2D eigenvalue weighted by Gasteiger charge is 2.33. The highest BCUT2D eigenvalue weighted by atomic mass is 19.1. The molecular weight excluding hydrogens is 531 g/mol. The minimum absolute atomic E-state index is 0.0907. The van der Waals surface area contributed by atoms with E-state index in [1.807, 2.05) is 13.8 Å². The molecule has 2 atom stereocenters. The van der Waals surface area contributed by atoms with Gasteiger partial charge >= 0.3 is 0 Å². The quantitative estimate of drug-likeness (QED) is 0.409. The Morgan fingerprint density at radius 1 is 1.00 bits per heavy atom. The number of rotatable bonds is 2. The smallest absolute Gasteiger partial charge is 0.261 e. The first-order chi connectivity index (χ1) is 19.8. The zero-order valence-corrected chi connectivity index (χ0v) is 24.0. The number of benzene rings is 2. The summed E-state index contributed by atoms with van der Waals surface area (Å²) in [7, 11) is 3.55. The number of carbonyl (C=O) groups is 1. The van der Waals surface area contributed by atoms with Gasteiger partial charge in [-0.1, -0.05) is 18.9 Å². The number of aromatic nitrogens is 2. The molecule has 0 bridgehead atoms. The number of halogens is 3. The van der Waals surface area contributed by atoms with Crippen molar-refractivity contribution >= 4 is 17.7 Å². The molecule has 1 saturated heterocycles. The van der Waals surface area contributed by atoms with Crippen LogP contribution in [0.3, 0.4) is 0 Å². The first-order valence-corrected chi connectivity index (χ1v) is 14.3. The van der Waals surface area contributed by atoms with Crippen molar-refractivity contribution < 1.29 is 18.0 Å². The number of hydrogen-bond donors (Lipinski definition) is 3. The number of aryl methyl sites for hydroxylation is 1. The van der Waals surface area contributed by atoms with Crippen LogP contribution in [0.2, 0.25) is 0 Å². The number of carbonyl (C=O) groups excluding carboxylic acids is 1. The topological polar surface area (TPSA) is 88.1 Å². The molecule has 0 amide bonds. The molecule has 5 rings (SSSR count). The summed E-state index contributed by atoms with van der Waals surface area (Å²) in [6.07, 6.45) is 10.9. The van der Waals surface area contributed by atoms with E-state index in [-0.39, 0.29) is 11.6 Å². The van der Waals surface area contributed by atoms with Gasteiger partial charge in [0.25, 0.3) is 5.56 Å². The Bertz CT molecular complexity index is 1310. The van der Waals surface area contributed by atoms with E-state index in [0.29, 0.717) is 27.9 Å². The maximum Gasteiger partial charge on any atom is 0.261 e. The van der Waals surface area contributed by atoms with Crippen LogP contribution in [0.25, 0.3) is 10.9 Å². The van der Waals surface area contributed by atoms with Gasteiger partial charge in [0.1, 0.15) is 24.2 Å². The van der Waals surface area contributed by atoms with Gasteiger partial charge in [0.2, 0.25) is 0 Å². The van der Waals surface area contributed by atoms with Gasteiger partial charge in [-0.05, 0) is 88.3 Å². The van der Waals surface area contributed by atoms with Crippen LogP contribution >= 0.6 is 0 Å². The van der Waals surface area contributed by atoms with Crippen LogP contribution in [0.4, 0.5) is 13.2 Å². The first kappa shape index (κ1) is 32.4. The summed E-state index contributed by atoms with van der Waals surface area (Å²) in [5, 5.41) is 10.9. The second kappa shape index (κ2) is 15.8. The van der Waals surface area contributed by atoms with Crippen molar-refractivity contribution in [3.05, 3.63) is 76.1 Å². The lowest BCUT2D eigenvalue weighted by atomic mass is 9.81. The van der Waals surface area contributed by atoms with Crippen LogP contribution in [0.5, 0.6) is 0 Å². The predicted octanol–water partition coefficient (Wildman–Crippen LogP) is 4.80. The van der Waals surface area contributed by atoms with Gasteiger partial charge < -0.3 is 25.3 Å². The van der Waals surface area contributed by atoms with Crippen LogP contribution in [-0.2, 0) is 11.8 Å². The van der Waals surface area contributed by atoms with Crippen molar-refractivity contribution in [2.45, 2.75) is 63.5 Å². The van der Waals surface area contributed by atoms with Crippen LogP contribution in [-0.4, -0.2) is 49.1 Å². The Kier molecular flexibility index (Phi) is 12.5. The molecule has 1 aromatic heterocycles. The molecule has 10 heteroatoms. The van der Waals surface area contributed by atoms with Crippen molar-refractivity contribution in [3.8, 4) is 0 Å². The van der Waals surface area contributed by atoms with E-state index in [2.05, 4.69) is 20.9 Å². The minimum atomic E-state index is -0.517. The minimum Gasteiger partial charge on any atom is -0.317 e. The van der Waals surface area contributed by atoms with Gasteiger partial charge in [0, 0.05) is 37.3 Å². The molecule has 2 aliphatic rings. The monoisotopic (exact) mass is 573 g/mol. The summed E-state index contributed by atoms with van der Waals surface area (Å²) in [5.74, 6) is -1.38. The van der Waals surface area contributed by atoms with Crippen LogP contribution in [0, 0.1) is 22.9 Å². The van der Waals surface area contributed by atoms with E-state index in [4.69, 9.17) is 4.79 Å². The van der Waals surface area contributed by atoms with E-state index >= 15 is 0 Å². The van der Waals surface area contributed by atoms with E-state index in [0.717, 1.165) is 45.0 Å². The lowest BCUT2D eigenvalue weighted by Gasteiger charge is -2.32. The average Bonchev–Trinajstić information content (AvgIpc) is 3.44. The van der Waals surface area contributed by atoms with Crippen molar-refractivity contribution in [2.75, 3.05) is 26.7 Å². The third kappa shape index (κ3) is 8.95. The summed E-state index contributed by atoms with van der Waals surface area (Å²) in [4.78, 5) is 23.4. The van der Waals surface area contributed by atoms with Crippen LogP contribution in [0.1, 0.15) is 63.0 Å². The van der Waals surface area contributed by atoms with Gasteiger partial charge in [0.05, 0.1) is 17.2 Å². The Morgan fingerprint density at radius 3 is 2.39 bits per heavy atom. The zero-order chi connectivity index (χ0) is 29.8. The Labute approximate surface area is 239 Å². The Hall–Kier alpha value is -3.08. The fourth-order valence-electron chi connectivity index (χ4n) is 5.96. The molecule has 2 fully saturated rings. The lowest BCUT2D eigenvalue weighted by molar-refractivity contribution is -0.0980. The molecule has 7 nitrogen and oxygen atoms in total. The molecule has 41 heavy (non-hydrogen) atoms. The molecule has 2 heterocycles. The number of hydrogen-bond acceptors (Lipinski definition) is 6. The predicted molar refractivity (Wildman–Crippen MR) is 156 cm³/mol. The third-order valence-corrected chi connectivity index (χ3v) is 8.25. The second-order valence-corrected chi connectivity index (χ2v) is 11.0. The molecule has 1 aliphatic heterocycles. The van der Waals surface area contributed by atoms with Gasteiger partial charge in [-0.15, -0.1) is 0 Å². The Balaban J connectivity index is 0.000000257. The summed E-state index contributed by atoms with van der Waals surface area (Å²) in [5.41, 5.74) is 1.31. The maximum atomic E-state index is 14.4. The zero-order valence-electron chi connectivity index (χ0n) is 24.0. The summed E-state index contributed by atoms with van der Waals surface area (Å²) in [6.45, 7) is 4.98. The molecule has 3 aromatic rings.